The van der Waals surface area contributed by atoms with Gasteiger partial charge in [-0.15, -0.1) is 0 Å². The van der Waals surface area contributed by atoms with Crippen molar-refractivity contribution in [2.24, 2.45) is 17.6 Å². The maximum Gasteiger partial charge on any atom is 0.232 e. The second kappa shape index (κ2) is 7.60. The van der Waals surface area contributed by atoms with Crippen LogP contribution in [0.2, 0.25) is 0 Å². The molecule has 2 N–H and O–H groups in total. The van der Waals surface area contributed by atoms with E-state index in [-0.39, 0.29) is 17.7 Å². The molecular weight excluding hydrogens is 220 g/mol. The Hall–Kier alpha value is -0.640. The number of amides is 1. The van der Waals surface area contributed by atoms with Gasteiger partial charge < -0.3 is 10.6 Å². The maximum atomic E-state index is 12.1. The molecule has 94 valence electrons. The van der Waals surface area contributed by atoms with Crippen molar-refractivity contribution in [1.82, 2.24) is 4.90 Å². The number of nitrogens with two attached hydrogens (primary N) is 1. The minimum absolute atomic E-state index is 0.0543. The van der Waals surface area contributed by atoms with Gasteiger partial charge in [-0.05, 0) is 12.3 Å². The number of hydrogen-bond acceptors (Lipinski definition) is 2. The molecule has 0 spiro atoms. The van der Waals surface area contributed by atoms with Crippen LogP contribution in [0.5, 0.6) is 0 Å². The molecule has 0 aliphatic rings. The number of rotatable bonds is 7. The summed E-state index contributed by atoms with van der Waals surface area (Å²) >= 11 is 4.95. The van der Waals surface area contributed by atoms with Crippen LogP contribution in [0.15, 0.2) is 0 Å². The summed E-state index contributed by atoms with van der Waals surface area (Å²) in [6, 6.07) is 0. The Morgan fingerprint density at radius 3 is 2.31 bits per heavy atom. The fourth-order valence-corrected chi connectivity index (χ4v) is 2.05. The van der Waals surface area contributed by atoms with Crippen molar-refractivity contribution in [3.8, 4) is 0 Å². The molecule has 0 aliphatic heterocycles. The number of carbonyl (C=O) groups excluding carboxylic acids is 1. The molecule has 0 rings (SSSR count). The first-order valence-corrected chi connectivity index (χ1v) is 6.36. The lowest BCUT2D eigenvalue weighted by Gasteiger charge is -2.25. The first kappa shape index (κ1) is 15.4. The maximum absolute atomic E-state index is 12.1. The SMILES string of the molecule is CCCCCN(C)C(=O)C(C(N)=S)C(C)C. The zero-order chi connectivity index (χ0) is 12.7. The summed E-state index contributed by atoms with van der Waals surface area (Å²) < 4.78 is 0. The molecule has 0 fully saturated rings. The van der Waals surface area contributed by atoms with E-state index in [0.717, 1.165) is 25.8 Å². The van der Waals surface area contributed by atoms with Gasteiger partial charge in [0.15, 0.2) is 0 Å². The fraction of sp³-hybridized carbons (Fsp3) is 0.833. The summed E-state index contributed by atoms with van der Waals surface area (Å²) in [6.07, 6.45) is 3.35. The van der Waals surface area contributed by atoms with Crippen molar-refractivity contribution in [2.75, 3.05) is 13.6 Å². The van der Waals surface area contributed by atoms with Crippen molar-refractivity contribution in [3.63, 3.8) is 0 Å². The summed E-state index contributed by atoms with van der Waals surface area (Å²) in [6.45, 7) is 6.88. The normalized spacial score (nSPS) is 12.6. The third-order valence-electron chi connectivity index (χ3n) is 2.71. The lowest BCUT2D eigenvalue weighted by Crippen LogP contribution is -2.42. The van der Waals surface area contributed by atoms with Gasteiger partial charge in [-0.1, -0.05) is 45.8 Å². The average Bonchev–Trinajstić information content (AvgIpc) is 2.16. The van der Waals surface area contributed by atoms with Gasteiger partial charge in [0, 0.05) is 13.6 Å². The van der Waals surface area contributed by atoms with E-state index in [0.29, 0.717) is 4.99 Å². The molecule has 16 heavy (non-hydrogen) atoms. The highest BCUT2D eigenvalue weighted by atomic mass is 32.1. The molecule has 0 aromatic rings. The highest BCUT2D eigenvalue weighted by Gasteiger charge is 2.27. The van der Waals surface area contributed by atoms with Gasteiger partial charge in [0.05, 0.1) is 10.9 Å². The van der Waals surface area contributed by atoms with E-state index in [9.17, 15) is 4.79 Å². The van der Waals surface area contributed by atoms with Gasteiger partial charge in [-0.25, -0.2) is 0 Å². The molecule has 0 saturated heterocycles. The van der Waals surface area contributed by atoms with Crippen LogP contribution in [0.1, 0.15) is 40.0 Å². The van der Waals surface area contributed by atoms with Crippen LogP contribution in [0, 0.1) is 11.8 Å². The first-order valence-electron chi connectivity index (χ1n) is 5.96. The molecule has 0 heterocycles. The zero-order valence-corrected chi connectivity index (χ0v) is 11.6. The van der Waals surface area contributed by atoms with Gasteiger partial charge in [0.2, 0.25) is 5.91 Å². The minimum Gasteiger partial charge on any atom is -0.393 e. The number of unbranched alkanes of at least 4 members (excludes halogenated alkanes) is 2. The molecular formula is C12H24N2OS. The van der Waals surface area contributed by atoms with Crippen molar-refractivity contribution < 1.29 is 4.79 Å². The second-order valence-corrected chi connectivity index (χ2v) is 5.06. The molecule has 0 aromatic carbocycles. The van der Waals surface area contributed by atoms with E-state index >= 15 is 0 Å². The van der Waals surface area contributed by atoms with E-state index in [2.05, 4.69) is 6.92 Å². The van der Waals surface area contributed by atoms with Crippen LogP contribution in [0.3, 0.4) is 0 Å². The molecule has 1 atom stereocenters. The van der Waals surface area contributed by atoms with Crippen LogP contribution in [0.25, 0.3) is 0 Å². The molecule has 1 unspecified atom stereocenters. The molecule has 0 aliphatic carbocycles. The van der Waals surface area contributed by atoms with Crippen molar-refractivity contribution in [2.45, 2.75) is 40.0 Å². The van der Waals surface area contributed by atoms with Crippen LogP contribution < -0.4 is 5.73 Å². The Kier molecular flexibility index (Phi) is 7.30. The second-order valence-electron chi connectivity index (χ2n) is 4.59. The summed E-state index contributed by atoms with van der Waals surface area (Å²) in [4.78, 5) is 14.1. The van der Waals surface area contributed by atoms with Crippen LogP contribution in [0.4, 0.5) is 0 Å². The van der Waals surface area contributed by atoms with Gasteiger partial charge in [-0.3, -0.25) is 4.79 Å². The van der Waals surface area contributed by atoms with E-state index in [1.807, 2.05) is 20.9 Å². The molecule has 4 heteroatoms. The van der Waals surface area contributed by atoms with Crippen LogP contribution >= 0.6 is 12.2 Å². The molecule has 0 saturated carbocycles. The Bertz CT molecular complexity index is 241. The lowest BCUT2D eigenvalue weighted by molar-refractivity contribution is -0.133. The third kappa shape index (κ3) is 4.92. The average molecular weight is 244 g/mol. The van der Waals surface area contributed by atoms with Gasteiger partial charge in [0.1, 0.15) is 0 Å². The molecule has 3 nitrogen and oxygen atoms in total. The Balaban J connectivity index is 4.32. The monoisotopic (exact) mass is 244 g/mol. The molecule has 1 amide bonds. The third-order valence-corrected chi connectivity index (χ3v) is 2.97. The van der Waals surface area contributed by atoms with Crippen molar-refractivity contribution >= 4 is 23.1 Å². The predicted octanol–water partition coefficient (Wildman–Crippen LogP) is 2.19. The summed E-state index contributed by atoms with van der Waals surface area (Å²) in [7, 11) is 1.83. The lowest BCUT2D eigenvalue weighted by atomic mass is 9.94. The summed E-state index contributed by atoms with van der Waals surface area (Å²) in [5.41, 5.74) is 5.62. The van der Waals surface area contributed by atoms with E-state index < -0.39 is 0 Å². The minimum atomic E-state index is -0.318. The van der Waals surface area contributed by atoms with Crippen LogP contribution in [-0.2, 0) is 4.79 Å². The molecule has 0 bridgehead atoms. The number of nitrogens with zero attached hydrogens (tertiary/aromatic N) is 1. The van der Waals surface area contributed by atoms with Gasteiger partial charge >= 0.3 is 0 Å². The Morgan fingerprint density at radius 1 is 1.38 bits per heavy atom. The van der Waals surface area contributed by atoms with E-state index in [4.69, 9.17) is 18.0 Å². The summed E-state index contributed by atoms with van der Waals surface area (Å²) in [5, 5.41) is 0. The highest BCUT2D eigenvalue weighted by Crippen LogP contribution is 2.14. The smallest absolute Gasteiger partial charge is 0.232 e. The molecule has 0 radical (unpaired) electrons. The van der Waals surface area contributed by atoms with E-state index in [1.54, 1.807) is 4.90 Å². The van der Waals surface area contributed by atoms with Gasteiger partial charge in [0.25, 0.3) is 0 Å². The zero-order valence-electron chi connectivity index (χ0n) is 10.8. The Labute approximate surface area is 104 Å². The van der Waals surface area contributed by atoms with Crippen LogP contribution in [-0.4, -0.2) is 29.4 Å². The number of hydrogen-bond donors (Lipinski definition) is 1. The molecule has 0 aromatic heterocycles. The topological polar surface area (TPSA) is 46.3 Å². The van der Waals surface area contributed by atoms with Crippen molar-refractivity contribution in [3.05, 3.63) is 0 Å². The Morgan fingerprint density at radius 2 is 1.94 bits per heavy atom. The summed E-state index contributed by atoms with van der Waals surface area (Å²) in [5.74, 6) is -0.0983. The highest BCUT2D eigenvalue weighted by molar-refractivity contribution is 7.80. The standard InChI is InChI=1S/C12H24N2OS/c1-5-6-7-8-14(4)12(15)10(9(2)3)11(13)16/h9-10H,5-8H2,1-4H3,(H2,13,16). The largest absolute Gasteiger partial charge is 0.393 e. The quantitative estimate of drug-likeness (QED) is 0.551. The van der Waals surface area contributed by atoms with E-state index in [1.165, 1.54) is 0 Å². The number of carbonyl (C=O) groups is 1. The van der Waals surface area contributed by atoms with Gasteiger partial charge in [-0.2, -0.15) is 0 Å². The predicted molar refractivity (Wildman–Crippen MR) is 72.3 cm³/mol. The van der Waals surface area contributed by atoms with Crippen molar-refractivity contribution in [1.29, 1.82) is 0 Å². The first-order chi connectivity index (χ1) is 7.41. The number of thiocarbonyl (C=S) groups is 1. The fourth-order valence-electron chi connectivity index (χ4n) is 1.68.